The summed E-state index contributed by atoms with van der Waals surface area (Å²) in [4.78, 5) is 0. The Kier molecular flexibility index (Phi) is 4.28. The van der Waals surface area contributed by atoms with Crippen LogP contribution in [0.1, 0.15) is 72.1 Å². The van der Waals surface area contributed by atoms with Crippen LogP contribution in [-0.4, -0.2) is 0 Å². The first-order valence-corrected chi connectivity index (χ1v) is 6.35. The van der Waals surface area contributed by atoms with E-state index in [9.17, 15) is 0 Å². The van der Waals surface area contributed by atoms with Crippen LogP contribution in [0.3, 0.4) is 0 Å². The molecule has 0 aromatic heterocycles. The Balaban J connectivity index is 0.000000396. The van der Waals surface area contributed by atoms with Gasteiger partial charge in [-0.25, -0.2) is 0 Å². The molecule has 2 rings (SSSR count). The zero-order chi connectivity index (χ0) is 9.73. The van der Waals surface area contributed by atoms with E-state index in [0.29, 0.717) is 0 Å². The summed E-state index contributed by atoms with van der Waals surface area (Å²) in [7, 11) is 0. The molecule has 78 valence electrons. The minimum Gasteiger partial charge on any atom is -0.0683 e. The van der Waals surface area contributed by atoms with Crippen molar-refractivity contribution in [1.29, 1.82) is 0 Å². The number of hydrogen-bond donors (Lipinski definition) is 0. The first kappa shape index (κ1) is 11.1. The van der Waals surface area contributed by atoms with Gasteiger partial charge in [-0.15, -0.1) is 0 Å². The predicted octanol–water partition coefficient (Wildman–Crippen LogP) is 4.78. The maximum atomic E-state index is 2.35. The number of hydrogen-bond acceptors (Lipinski definition) is 0. The molecular weight excluding hydrogens is 156 g/mol. The normalized spacial score (nSPS) is 26.1. The summed E-state index contributed by atoms with van der Waals surface area (Å²) in [6.07, 6.45) is 12.3. The summed E-state index contributed by atoms with van der Waals surface area (Å²) in [5, 5.41) is 0. The van der Waals surface area contributed by atoms with Gasteiger partial charge in [0, 0.05) is 0 Å². The molecule has 2 aliphatic rings. The molecule has 0 aromatic rings. The Morgan fingerprint density at radius 3 is 2.00 bits per heavy atom. The Morgan fingerprint density at radius 2 is 1.54 bits per heavy atom. The molecule has 0 nitrogen and oxygen atoms in total. The molecule has 0 aliphatic heterocycles. The average molecular weight is 182 g/mol. The van der Waals surface area contributed by atoms with Crippen molar-refractivity contribution in [2.75, 3.05) is 0 Å². The van der Waals surface area contributed by atoms with E-state index in [0.717, 1.165) is 11.3 Å². The Hall–Kier alpha value is 0. The highest BCUT2D eigenvalue weighted by atomic mass is 14.5. The Bertz CT molecular complexity index is 123. The fraction of sp³-hybridized carbons (Fsp3) is 1.00. The van der Waals surface area contributed by atoms with Crippen molar-refractivity contribution in [3.05, 3.63) is 0 Å². The van der Waals surface area contributed by atoms with E-state index in [1.165, 1.54) is 25.7 Å². The molecule has 0 saturated heterocycles. The van der Waals surface area contributed by atoms with Gasteiger partial charge in [-0.2, -0.15) is 0 Å². The van der Waals surface area contributed by atoms with Crippen molar-refractivity contribution in [2.24, 2.45) is 11.3 Å². The van der Waals surface area contributed by atoms with E-state index < -0.39 is 0 Å². The molecule has 0 bridgehead atoms. The average Bonchev–Trinajstić information content (AvgIpc) is 2.18. The van der Waals surface area contributed by atoms with Crippen molar-refractivity contribution < 1.29 is 0 Å². The maximum absolute atomic E-state index is 2.35. The third-order valence-electron chi connectivity index (χ3n) is 3.93. The molecule has 2 aliphatic carbocycles. The van der Waals surface area contributed by atoms with Crippen LogP contribution >= 0.6 is 0 Å². The molecule has 0 radical (unpaired) electrons. The standard InChI is InChI=1S/C11H20.C2H6/c1-2-10-8-11(9-10)6-4-3-5-7-11;1-2/h10H,2-9H2,1H3;1-2H3. The SMILES string of the molecule is CC.CCC1CC2(CCCCC2)C1. The Morgan fingerprint density at radius 1 is 1.00 bits per heavy atom. The molecule has 0 N–H and O–H groups in total. The fourth-order valence-electron chi connectivity index (χ4n) is 3.16. The molecule has 0 aromatic carbocycles. The van der Waals surface area contributed by atoms with E-state index in [1.54, 1.807) is 25.7 Å². The lowest BCUT2D eigenvalue weighted by Gasteiger charge is -2.50. The van der Waals surface area contributed by atoms with Gasteiger partial charge >= 0.3 is 0 Å². The van der Waals surface area contributed by atoms with Gasteiger partial charge in [-0.1, -0.05) is 46.5 Å². The topological polar surface area (TPSA) is 0 Å². The highest BCUT2D eigenvalue weighted by molar-refractivity contribution is 4.94. The van der Waals surface area contributed by atoms with Crippen LogP contribution in [0.15, 0.2) is 0 Å². The van der Waals surface area contributed by atoms with Gasteiger partial charge in [-0.05, 0) is 37.0 Å². The van der Waals surface area contributed by atoms with Crippen LogP contribution in [-0.2, 0) is 0 Å². The zero-order valence-corrected chi connectivity index (χ0v) is 9.73. The molecule has 2 saturated carbocycles. The first-order valence-electron chi connectivity index (χ1n) is 6.35. The second-order valence-electron chi connectivity index (χ2n) is 4.74. The molecule has 1 spiro atoms. The zero-order valence-electron chi connectivity index (χ0n) is 9.73. The third kappa shape index (κ3) is 2.48. The van der Waals surface area contributed by atoms with E-state index in [1.807, 2.05) is 13.8 Å². The third-order valence-corrected chi connectivity index (χ3v) is 3.93. The molecule has 0 heteroatoms. The van der Waals surface area contributed by atoms with Crippen molar-refractivity contribution in [3.8, 4) is 0 Å². The first-order chi connectivity index (χ1) is 6.35. The van der Waals surface area contributed by atoms with Crippen LogP contribution in [0.5, 0.6) is 0 Å². The van der Waals surface area contributed by atoms with Crippen LogP contribution in [0, 0.1) is 11.3 Å². The van der Waals surface area contributed by atoms with Gasteiger partial charge in [-0.3, -0.25) is 0 Å². The largest absolute Gasteiger partial charge is 0.0683 e. The molecule has 13 heavy (non-hydrogen) atoms. The lowest BCUT2D eigenvalue weighted by atomic mass is 9.55. The van der Waals surface area contributed by atoms with Crippen LogP contribution in [0.2, 0.25) is 0 Å². The van der Waals surface area contributed by atoms with Crippen molar-refractivity contribution in [1.82, 2.24) is 0 Å². The van der Waals surface area contributed by atoms with Gasteiger partial charge in [0.25, 0.3) is 0 Å². The smallest absolute Gasteiger partial charge is 0.0292 e. The molecule has 0 heterocycles. The molecular formula is C13H26. The van der Waals surface area contributed by atoms with Crippen molar-refractivity contribution in [2.45, 2.75) is 72.1 Å². The highest BCUT2D eigenvalue weighted by Gasteiger charge is 2.42. The quantitative estimate of drug-likeness (QED) is 0.547. The summed E-state index contributed by atoms with van der Waals surface area (Å²) in [6.45, 7) is 6.35. The van der Waals surface area contributed by atoms with E-state index in [2.05, 4.69) is 6.92 Å². The summed E-state index contributed by atoms with van der Waals surface area (Å²) in [5.74, 6) is 1.10. The summed E-state index contributed by atoms with van der Waals surface area (Å²) in [6, 6.07) is 0. The van der Waals surface area contributed by atoms with Gasteiger partial charge in [0.15, 0.2) is 0 Å². The van der Waals surface area contributed by atoms with Crippen molar-refractivity contribution in [3.63, 3.8) is 0 Å². The monoisotopic (exact) mass is 182 g/mol. The van der Waals surface area contributed by atoms with E-state index in [-0.39, 0.29) is 0 Å². The van der Waals surface area contributed by atoms with Crippen LogP contribution in [0.4, 0.5) is 0 Å². The fourth-order valence-corrected chi connectivity index (χ4v) is 3.16. The maximum Gasteiger partial charge on any atom is -0.0292 e. The minimum absolute atomic E-state index is 0.874. The second-order valence-corrected chi connectivity index (χ2v) is 4.74. The second kappa shape index (κ2) is 5.02. The lowest BCUT2D eigenvalue weighted by Crippen LogP contribution is -2.38. The lowest BCUT2D eigenvalue weighted by molar-refractivity contribution is 0.0133. The molecule has 0 atom stereocenters. The van der Waals surface area contributed by atoms with E-state index in [4.69, 9.17) is 0 Å². The molecule has 0 amide bonds. The van der Waals surface area contributed by atoms with Crippen LogP contribution in [0.25, 0.3) is 0 Å². The van der Waals surface area contributed by atoms with Gasteiger partial charge in [0.05, 0.1) is 0 Å². The molecule has 2 fully saturated rings. The summed E-state index contributed by atoms with van der Waals surface area (Å²) < 4.78 is 0. The molecule has 0 unspecified atom stereocenters. The predicted molar refractivity (Wildman–Crippen MR) is 59.9 cm³/mol. The number of rotatable bonds is 1. The highest BCUT2D eigenvalue weighted by Crippen LogP contribution is 2.55. The Labute approximate surface area is 84.1 Å². The van der Waals surface area contributed by atoms with E-state index >= 15 is 0 Å². The summed E-state index contributed by atoms with van der Waals surface area (Å²) in [5.41, 5.74) is 0.874. The van der Waals surface area contributed by atoms with Gasteiger partial charge in [0.2, 0.25) is 0 Å². The van der Waals surface area contributed by atoms with Crippen molar-refractivity contribution >= 4 is 0 Å². The van der Waals surface area contributed by atoms with Gasteiger partial charge in [0.1, 0.15) is 0 Å². The van der Waals surface area contributed by atoms with Crippen LogP contribution < -0.4 is 0 Å². The minimum atomic E-state index is 0.874. The summed E-state index contributed by atoms with van der Waals surface area (Å²) >= 11 is 0. The van der Waals surface area contributed by atoms with Gasteiger partial charge < -0.3 is 0 Å².